The van der Waals surface area contributed by atoms with Gasteiger partial charge >= 0.3 is 0 Å². The third kappa shape index (κ3) is 1.67. The first kappa shape index (κ1) is 9.66. The van der Waals surface area contributed by atoms with Crippen LogP contribution in [-0.2, 0) is 6.42 Å². The van der Waals surface area contributed by atoms with Crippen molar-refractivity contribution in [2.24, 2.45) is 0 Å². The Hall–Kier alpha value is -1.43. The fourth-order valence-electron chi connectivity index (χ4n) is 1.01. The van der Waals surface area contributed by atoms with Crippen molar-refractivity contribution in [3.63, 3.8) is 0 Å². The first-order valence-electron chi connectivity index (χ1n) is 3.56. The van der Waals surface area contributed by atoms with Gasteiger partial charge in [0.2, 0.25) is 0 Å². The van der Waals surface area contributed by atoms with E-state index in [2.05, 4.69) is 0 Å². The molecule has 0 aliphatic heterocycles. The van der Waals surface area contributed by atoms with Gasteiger partial charge in [0.25, 0.3) is 0 Å². The lowest BCUT2D eigenvalue weighted by Crippen LogP contribution is -2.32. The van der Waals surface area contributed by atoms with Gasteiger partial charge < -0.3 is 5.73 Å². The molecule has 0 aliphatic carbocycles. The lowest BCUT2D eigenvalue weighted by molar-refractivity contribution is 0.618. The Kier molecular flexibility index (Phi) is 2.62. The summed E-state index contributed by atoms with van der Waals surface area (Å²) in [5, 5.41) is 8.38. The Balaban J connectivity index is 3.36. The average molecular weight is 170 g/mol. The van der Waals surface area contributed by atoms with E-state index < -0.39 is 5.82 Å². The minimum atomic E-state index is -0.592. The van der Waals surface area contributed by atoms with Crippen molar-refractivity contribution < 1.29 is 4.39 Å². The molecule has 2 nitrogen and oxygen atoms in total. The maximum Gasteiger partial charge on any atom is 0.128 e. The molecular weight excluding hydrogens is 165 g/mol. The van der Waals surface area contributed by atoms with Crippen LogP contribution in [0.25, 0.3) is 0 Å². The summed E-state index contributed by atoms with van der Waals surface area (Å²) >= 11 is 0. The number of rotatable bonds is 1. The molecule has 1 aromatic carbocycles. The van der Waals surface area contributed by atoms with Gasteiger partial charge in [-0.1, -0.05) is 10.9 Å². The lowest BCUT2D eigenvalue weighted by atomic mass is 9.76. The van der Waals surface area contributed by atoms with E-state index in [1.807, 2.05) is 0 Å². The molecule has 0 saturated carbocycles. The molecule has 0 saturated heterocycles. The van der Waals surface area contributed by atoms with Crippen LogP contribution in [0.4, 0.5) is 10.1 Å². The van der Waals surface area contributed by atoms with Gasteiger partial charge in [-0.2, -0.15) is 5.26 Å². The summed E-state index contributed by atoms with van der Waals surface area (Å²) in [5.74, 6) is -0.592. The zero-order chi connectivity index (χ0) is 10.0. The SMILES string of the molecule is [B]c1c(N)cc(F)c(CC#N)c1[B]. The molecule has 13 heavy (non-hydrogen) atoms. The van der Waals surface area contributed by atoms with Crippen LogP contribution in [0.1, 0.15) is 5.56 Å². The second-order valence-corrected chi connectivity index (χ2v) is 2.59. The fraction of sp³-hybridized carbons (Fsp3) is 0.125. The number of hydrogen-bond acceptors (Lipinski definition) is 2. The molecule has 0 spiro atoms. The molecule has 0 aliphatic rings. The molecule has 0 fully saturated rings. The van der Waals surface area contributed by atoms with E-state index in [4.69, 9.17) is 26.7 Å². The number of nitrogens with zero attached hydrogens (tertiary/aromatic N) is 1. The standard InChI is InChI=1S/C8H5B2FN2/c9-7-4(1-2-12)5(11)3-6(13)8(7)10/h3H,1,13H2. The van der Waals surface area contributed by atoms with Crippen molar-refractivity contribution in [2.75, 3.05) is 5.73 Å². The van der Waals surface area contributed by atoms with Crippen LogP contribution in [0.15, 0.2) is 6.07 Å². The highest BCUT2D eigenvalue weighted by Gasteiger charge is 2.09. The molecule has 1 aromatic rings. The summed E-state index contributed by atoms with van der Waals surface area (Å²) in [5.41, 5.74) is 5.74. The van der Waals surface area contributed by atoms with E-state index in [1.54, 1.807) is 6.07 Å². The van der Waals surface area contributed by atoms with Crippen LogP contribution in [0.5, 0.6) is 0 Å². The van der Waals surface area contributed by atoms with Crippen LogP contribution in [-0.4, -0.2) is 15.7 Å². The second kappa shape index (κ2) is 3.53. The highest BCUT2D eigenvalue weighted by Crippen LogP contribution is 2.07. The Labute approximate surface area is 78.4 Å². The minimum absolute atomic E-state index is 0.0547. The lowest BCUT2D eigenvalue weighted by Gasteiger charge is -2.10. The van der Waals surface area contributed by atoms with Crippen LogP contribution < -0.4 is 16.7 Å². The molecule has 60 valence electrons. The number of benzene rings is 1. The molecule has 0 aromatic heterocycles. The predicted octanol–water partition coefficient (Wildman–Crippen LogP) is -0.938. The maximum atomic E-state index is 13.1. The van der Waals surface area contributed by atoms with Crippen LogP contribution in [0.2, 0.25) is 0 Å². The Morgan fingerprint density at radius 1 is 1.46 bits per heavy atom. The third-order valence-corrected chi connectivity index (χ3v) is 1.75. The molecule has 0 heterocycles. The smallest absolute Gasteiger partial charge is 0.128 e. The highest BCUT2D eigenvalue weighted by molar-refractivity contribution is 6.51. The van der Waals surface area contributed by atoms with Gasteiger partial charge in [0.05, 0.1) is 12.5 Å². The van der Waals surface area contributed by atoms with Gasteiger partial charge in [0.1, 0.15) is 21.5 Å². The summed E-state index contributed by atoms with van der Waals surface area (Å²) in [7, 11) is 10.9. The zero-order valence-electron chi connectivity index (χ0n) is 6.84. The van der Waals surface area contributed by atoms with Crippen LogP contribution in [0.3, 0.4) is 0 Å². The Morgan fingerprint density at radius 3 is 2.62 bits per heavy atom. The summed E-state index contributed by atoms with van der Waals surface area (Å²) in [6.45, 7) is 0. The quantitative estimate of drug-likeness (QED) is 0.436. The summed E-state index contributed by atoms with van der Waals surface area (Å²) in [4.78, 5) is 0. The molecular formula is C8H5B2FN2. The number of hydrogen-bond donors (Lipinski definition) is 1. The van der Waals surface area contributed by atoms with Crippen molar-refractivity contribution in [2.45, 2.75) is 6.42 Å². The number of nitrogens with two attached hydrogens (primary N) is 1. The van der Waals surface area contributed by atoms with Gasteiger partial charge in [-0.05, 0) is 11.6 Å². The van der Waals surface area contributed by atoms with Gasteiger partial charge in [0.15, 0.2) is 0 Å². The number of nitriles is 1. The fourth-order valence-corrected chi connectivity index (χ4v) is 1.01. The van der Waals surface area contributed by atoms with Crippen molar-refractivity contribution >= 4 is 32.3 Å². The van der Waals surface area contributed by atoms with E-state index in [9.17, 15) is 4.39 Å². The van der Waals surface area contributed by atoms with Gasteiger partial charge in [0, 0.05) is 5.69 Å². The first-order valence-corrected chi connectivity index (χ1v) is 3.56. The monoisotopic (exact) mass is 170 g/mol. The molecule has 0 amide bonds. The van der Waals surface area contributed by atoms with Crippen molar-refractivity contribution in [3.05, 3.63) is 17.4 Å². The van der Waals surface area contributed by atoms with E-state index in [1.165, 1.54) is 0 Å². The van der Waals surface area contributed by atoms with Crippen LogP contribution >= 0.6 is 0 Å². The van der Waals surface area contributed by atoms with E-state index in [0.717, 1.165) is 6.07 Å². The largest absolute Gasteiger partial charge is 0.399 e. The number of anilines is 1. The minimum Gasteiger partial charge on any atom is -0.399 e. The molecule has 1 rings (SSSR count). The first-order chi connectivity index (χ1) is 6.07. The van der Waals surface area contributed by atoms with Crippen LogP contribution in [0, 0.1) is 17.1 Å². The zero-order valence-corrected chi connectivity index (χ0v) is 6.84. The third-order valence-electron chi connectivity index (χ3n) is 1.75. The average Bonchev–Trinajstić information content (AvgIpc) is 2.09. The molecule has 4 radical (unpaired) electrons. The molecule has 0 atom stereocenters. The van der Waals surface area contributed by atoms with Gasteiger partial charge in [-0.25, -0.2) is 4.39 Å². The highest BCUT2D eigenvalue weighted by atomic mass is 19.1. The van der Waals surface area contributed by atoms with Crippen molar-refractivity contribution in [1.82, 2.24) is 0 Å². The molecule has 5 heteroatoms. The van der Waals surface area contributed by atoms with Crippen molar-refractivity contribution in [1.29, 1.82) is 5.26 Å². The summed E-state index contributed by atoms with van der Waals surface area (Å²) in [6, 6.07) is 2.86. The second-order valence-electron chi connectivity index (χ2n) is 2.59. The summed E-state index contributed by atoms with van der Waals surface area (Å²) < 4.78 is 13.1. The van der Waals surface area contributed by atoms with E-state index >= 15 is 0 Å². The van der Waals surface area contributed by atoms with Gasteiger partial charge in [-0.3, -0.25) is 0 Å². The molecule has 0 bridgehead atoms. The topological polar surface area (TPSA) is 49.8 Å². The predicted molar refractivity (Wildman–Crippen MR) is 50.9 cm³/mol. The summed E-state index contributed by atoms with van der Waals surface area (Å²) in [6.07, 6.45) is -0.109. The number of halogens is 1. The number of nitrogen functional groups attached to an aromatic ring is 1. The maximum absolute atomic E-state index is 13.1. The normalized spacial score (nSPS) is 9.54. The van der Waals surface area contributed by atoms with Crippen molar-refractivity contribution in [3.8, 4) is 6.07 Å². The van der Waals surface area contributed by atoms with E-state index in [-0.39, 0.29) is 28.6 Å². The van der Waals surface area contributed by atoms with Gasteiger partial charge in [-0.15, -0.1) is 0 Å². The van der Waals surface area contributed by atoms with E-state index in [0.29, 0.717) is 0 Å². The Morgan fingerprint density at radius 2 is 2.08 bits per heavy atom. The molecule has 2 N–H and O–H groups in total. The Bertz CT molecular complexity index is 385. The molecule has 0 unspecified atom stereocenters.